The van der Waals surface area contributed by atoms with Crippen molar-refractivity contribution in [3.8, 4) is 17.2 Å². The van der Waals surface area contributed by atoms with E-state index in [0.717, 1.165) is 33.9 Å². The Morgan fingerprint density at radius 2 is 1.70 bits per heavy atom. The highest BCUT2D eigenvalue weighted by molar-refractivity contribution is 5.45. The highest BCUT2D eigenvalue weighted by atomic mass is 16.5. The fraction of sp³-hybridized carbons (Fsp3) is 0.217. The van der Waals surface area contributed by atoms with E-state index in [9.17, 15) is 5.11 Å². The van der Waals surface area contributed by atoms with E-state index in [-0.39, 0.29) is 6.61 Å². The third-order valence-electron chi connectivity index (χ3n) is 4.86. The van der Waals surface area contributed by atoms with Crippen LogP contribution in [0.3, 0.4) is 0 Å². The monoisotopic (exact) mass is 362 g/mol. The van der Waals surface area contributed by atoms with Crippen LogP contribution in [0.15, 0.2) is 72.8 Å². The molecule has 1 heterocycles. The third-order valence-corrected chi connectivity index (χ3v) is 4.86. The van der Waals surface area contributed by atoms with Crippen LogP contribution < -0.4 is 14.2 Å². The molecule has 4 rings (SSSR count). The number of fused-ring (bicyclic) bond motifs is 1. The molecule has 1 unspecified atom stereocenters. The normalized spacial score (nSPS) is 18.3. The molecule has 0 saturated heterocycles. The number of aliphatic hydroxyl groups is 1. The Balaban J connectivity index is 1.48. The summed E-state index contributed by atoms with van der Waals surface area (Å²) in [6.07, 6.45) is 0.494. The van der Waals surface area contributed by atoms with E-state index in [1.165, 1.54) is 0 Å². The number of hydrogen-bond acceptors (Lipinski definition) is 4. The highest BCUT2D eigenvalue weighted by Crippen LogP contribution is 2.37. The van der Waals surface area contributed by atoms with E-state index >= 15 is 0 Å². The lowest BCUT2D eigenvalue weighted by Gasteiger charge is -2.34. The van der Waals surface area contributed by atoms with Gasteiger partial charge in [-0.1, -0.05) is 48.5 Å². The summed E-state index contributed by atoms with van der Waals surface area (Å²) in [6, 6.07) is 23.3. The first-order valence-corrected chi connectivity index (χ1v) is 8.96. The van der Waals surface area contributed by atoms with Gasteiger partial charge in [-0.25, -0.2) is 0 Å². The lowest BCUT2D eigenvalue weighted by molar-refractivity contribution is -0.0218. The first kappa shape index (κ1) is 17.4. The number of hydrogen-bond donors (Lipinski definition) is 1. The number of benzene rings is 3. The summed E-state index contributed by atoms with van der Waals surface area (Å²) < 4.78 is 16.9. The van der Waals surface area contributed by atoms with Gasteiger partial charge in [0, 0.05) is 12.5 Å². The SMILES string of the molecule is COc1ccc(C2(O)COc3cc(OCc4ccccc4)ccc3C2)cc1. The Morgan fingerprint density at radius 3 is 2.44 bits per heavy atom. The van der Waals surface area contributed by atoms with Crippen molar-refractivity contribution in [1.29, 1.82) is 0 Å². The molecule has 138 valence electrons. The lowest BCUT2D eigenvalue weighted by Crippen LogP contribution is -2.38. The molecule has 27 heavy (non-hydrogen) atoms. The molecule has 1 atom stereocenters. The van der Waals surface area contributed by atoms with Crippen molar-refractivity contribution in [2.24, 2.45) is 0 Å². The van der Waals surface area contributed by atoms with Crippen LogP contribution in [0.4, 0.5) is 0 Å². The first-order valence-electron chi connectivity index (χ1n) is 8.96. The molecule has 4 heteroatoms. The zero-order valence-corrected chi connectivity index (χ0v) is 15.2. The molecule has 1 aliphatic rings. The molecular formula is C23H22O4. The fourth-order valence-corrected chi connectivity index (χ4v) is 3.30. The van der Waals surface area contributed by atoms with Crippen LogP contribution >= 0.6 is 0 Å². The van der Waals surface area contributed by atoms with Gasteiger partial charge in [-0.15, -0.1) is 0 Å². The molecule has 0 fully saturated rings. The van der Waals surface area contributed by atoms with Crippen molar-refractivity contribution in [3.63, 3.8) is 0 Å². The van der Waals surface area contributed by atoms with E-state index in [1.54, 1.807) is 7.11 Å². The van der Waals surface area contributed by atoms with Crippen molar-refractivity contribution in [2.45, 2.75) is 18.6 Å². The molecule has 0 aromatic heterocycles. The molecule has 1 aliphatic heterocycles. The van der Waals surface area contributed by atoms with Gasteiger partial charge in [-0.3, -0.25) is 0 Å². The van der Waals surface area contributed by atoms with E-state index in [0.29, 0.717) is 13.0 Å². The third kappa shape index (κ3) is 3.76. The zero-order chi connectivity index (χ0) is 18.7. The maximum absolute atomic E-state index is 11.1. The minimum Gasteiger partial charge on any atom is -0.497 e. The van der Waals surface area contributed by atoms with Crippen molar-refractivity contribution in [3.05, 3.63) is 89.5 Å². The fourth-order valence-electron chi connectivity index (χ4n) is 3.30. The standard InChI is InChI=1S/C23H22O4/c1-25-20-11-8-19(9-12-20)23(24)14-18-7-10-21(13-22(18)27-16-23)26-15-17-5-3-2-4-6-17/h2-13,24H,14-16H2,1H3. The maximum Gasteiger partial charge on any atom is 0.128 e. The summed E-state index contributed by atoms with van der Waals surface area (Å²) >= 11 is 0. The number of ether oxygens (including phenoxy) is 3. The van der Waals surface area contributed by atoms with Gasteiger partial charge in [0.05, 0.1) is 7.11 Å². The van der Waals surface area contributed by atoms with Crippen molar-refractivity contribution in [2.75, 3.05) is 13.7 Å². The lowest BCUT2D eigenvalue weighted by atomic mass is 9.86. The van der Waals surface area contributed by atoms with Crippen LogP contribution in [-0.4, -0.2) is 18.8 Å². The smallest absolute Gasteiger partial charge is 0.128 e. The molecule has 0 bridgehead atoms. The summed E-state index contributed by atoms with van der Waals surface area (Å²) in [4.78, 5) is 0. The minimum absolute atomic E-state index is 0.203. The van der Waals surface area contributed by atoms with Gasteiger partial charge in [0.1, 0.15) is 36.1 Å². The first-order chi connectivity index (χ1) is 13.2. The molecular weight excluding hydrogens is 340 g/mol. The van der Waals surface area contributed by atoms with Crippen LogP contribution in [0.2, 0.25) is 0 Å². The molecule has 0 radical (unpaired) electrons. The Hall–Kier alpha value is -2.98. The average Bonchev–Trinajstić information content (AvgIpc) is 2.73. The van der Waals surface area contributed by atoms with Crippen molar-refractivity contribution < 1.29 is 19.3 Å². The van der Waals surface area contributed by atoms with E-state index in [1.807, 2.05) is 72.8 Å². The Labute approximate surface area is 158 Å². The Morgan fingerprint density at radius 1 is 0.963 bits per heavy atom. The summed E-state index contributed by atoms with van der Waals surface area (Å²) in [6.45, 7) is 0.712. The minimum atomic E-state index is -1.05. The van der Waals surface area contributed by atoms with Gasteiger partial charge in [0.2, 0.25) is 0 Å². The van der Waals surface area contributed by atoms with Crippen molar-refractivity contribution in [1.82, 2.24) is 0 Å². The molecule has 4 nitrogen and oxygen atoms in total. The highest BCUT2D eigenvalue weighted by Gasteiger charge is 2.35. The number of rotatable bonds is 5. The van der Waals surface area contributed by atoms with Gasteiger partial charge in [0.15, 0.2) is 0 Å². The Kier molecular flexibility index (Phi) is 4.73. The topological polar surface area (TPSA) is 47.9 Å². The predicted molar refractivity (Wildman–Crippen MR) is 103 cm³/mol. The van der Waals surface area contributed by atoms with E-state index < -0.39 is 5.60 Å². The largest absolute Gasteiger partial charge is 0.497 e. The second kappa shape index (κ2) is 7.33. The van der Waals surface area contributed by atoms with Gasteiger partial charge >= 0.3 is 0 Å². The summed E-state index contributed by atoms with van der Waals surface area (Å²) in [5.41, 5.74) is 1.85. The second-order valence-electron chi connectivity index (χ2n) is 6.77. The predicted octanol–water partition coefficient (Wildman–Crippen LogP) is 4.10. The van der Waals surface area contributed by atoms with Gasteiger partial charge in [0.25, 0.3) is 0 Å². The molecule has 0 saturated carbocycles. The van der Waals surface area contributed by atoms with Crippen LogP contribution in [0.5, 0.6) is 17.2 Å². The van der Waals surface area contributed by atoms with Crippen LogP contribution in [-0.2, 0) is 18.6 Å². The molecule has 0 amide bonds. The summed E-state index contributed by atoms with van der Waals surface area (Å²) in [7, 11) is 1.63. The summed E-state index contributed by atoms with van der Waals surface area (Å²) in [5, 5.41) is 11.1. The second-order valence-corrected chi connectivity index (χ2v) is 6.77. The molecule has 0 aliphatic carbocycles. The van der Waals surface area contributed by atoms with Crippen LogP contribution in [0, 0.1) is 0 Å². The van der Waals surface area contributed by atoms with E-state index in [2.05, 4.69) is 0 Å². The average molecular weight is 362 g/mol. The van der Waals surface area contributed by atoms with Crippen LogP contribution in [0.25, 0.3) is 0 Å². The molecule has 3 aromatic rings. The summed E-state index contributed by atoms with van der Waals surface area (Å²) in [5.74, 6) is 2.28. The quantitative estimate of drug-likeness (QED) is 0.742. The van der Waals surface area contributed by atoms with E-state index in [4.69, 9.17) is 14.2 Å². The molecule has 3 aromatic carbocycles. The van der Waals surface area contributed by atoms with Gasteiger partial charge in [-0.05, 0) is 34.9 Å². The molecule has 1 N–H and O–H groups in total. The maximum atomic E-state index is 11.1. The van der Waals surface area contributed by atoms with Crippen molar-refractivity contribution >= 4 is 0 Å². The van der Waals surface area contributed by atoms with Gasteiger partial charge < -0.3 is 19.3 Å². The zero-order valence-electron chi connectivity index (χ0n) is 15.2. The van der Waals surface area contributed by atoms with Gasteiger partial charge in [-0.2, -0.15) is 0 Å². The Bertz CT molecular complexity index is 905. The molecule has 0 spiro atoms. The number of methoxy groups -OCH3 is 1. The van der Waals surface area contributed by atoms with Crippen LogP contribution in [0.1, 0.15) is 16.7 Å².